The van der Waals surface area contributed by atoms with Crippen molar-refractivity contribution >= 4 is 18.2 Å². The lowest BCUT2D eigenvalue weighted by Crippen LogP contribution is -2.32. The van der Waals surface area contributed by atoms with E-state index in [0.717, 1.165) is 25.5 Å². The minimum Gasteiger partial charge on any atom is -0.334 e. The van der Waals surface area contributed by atoms with E-state index in [4.69, 9.17) is 12.2 Å². The molecule has 0 radical (unpaired) electrons. The van der Waals surface area contributed by atoms with Crippen LogP contribution in [-0.4, -0.2) is 20.8 Å². The second kappa shape index (κ2) is 6.70. The molecule has 20 heavy (non-hydrogen) atoms. The van der Waals surface area contributed by atoms with Gasteiger partial charge in [-0.1, -0.05) is 37.3 Å². The number of H-pyrrole nitrogens is 1. The molecule has 1 aromatic heterocycles. The summed E-state index contributed by atoms with van der Waals surface area (Å²) in [6, 6.07) is 10.8. The summed E-state index contributed by atoms with van der Waals surface area (Å²) in [7, 11) is 0. The molecule has 0 unspecified atom stereocenters. The summed E-state index contributed by atoms with van der Waals surface area (Å²) >= 11 is 5.33. The van der Waals surface area contributed by atoms with Gasteiger partial charge in [0.25, 0.3) is 0 Å². The van der Waals surface area contributed by atoms with Crippen LogP contribution >= 0.6 is 12.2 Å². The molecule has 0 fully saturated rings. The van der Waals surface area contributed by atoms with Gasteiger partial charge in [0.15, 0.2) is 4.77 Å². The second-order valence-electron chi connectivity index (χ2n) is 5.19. The van der Waals surface area contributed by atoms with Crippen LogP contribution in [0.3, 0.4) is 0 Å². The first-order chi connectivity index (χ1) is 9.63. The first kappa shape index (κ1) is 14.8. The Kier molecular flexibility index (Phi) is 4.95. The van der Waals surface area contributed by atoms with Crippen molar-refractivity contribution in [1.29, 1.82) is 0 Å². The normalized spacial score (nSPS) is 11.0. The first-order valence-corrected chi connectivity index (χ1v) is 7.50. The van der Waals surface area contributed by atoms with E-state index in [1.165, 1.54) is 5.56 Å². The number of benzene rings is 1. The average molecular weight is 290 g/mol. The van der Waals surface area contributed by atoms with E-state index in [2.05, 4.69) is 64.7 Å². The molecule has 0 spiro atoms. The van der Waals surface area contributed by atoms with E-state index in [1.54, 1.807) is 0 Å². The van der Waals surface area contributed by atoms with Gasteiger partial charge < -0.3 is 4.90 Å². The van der Waals surface area contributed by atoms with E-state index >= 15 is 0 Å². The number of anilines is 1. The molecular weight excluding hydrogens is 268 g/mol. The number of nitrogens with zero attached hydrogens (tertiary/aromatic N) is 3. The molecule has 0 aliphatic rings. The molecule has 4 nitrogen and oxygen atoms in total. The summed E-state index contributed by atoms with van der Waals surface area (Å²) in [6.45, 7) is 8.23. The van der Waals surface area contributed by atoms with Gasteiger partial charge in [-0.25, -0.2) is 5.10 Å². The van der Waals surface area contributed by atoms with Gasteiger partial charge in [-0.05, 0) is 38.0 Å². The summed E-state index contributed by atoms with van der Waals surface area (Å²) in [5.41, 5.74) is 1.28. The van der Waals surface area contributed by atoms with Crippen molar-refractivity contribution in [2.75, 3.05) is 4.90 Å². The molecule has 1 aromatic carbocycles. The monoisotopic (exact) mass is 290 g/mol. The molecule has 0 saturated heterocycles. The van der Waals surface area contributed by atoms with Crippen LogP contribution in [0.1, 0.15) is 32.8 Å². The van der Waals surface area contributed by atoms with E-state index in [0.29, 0.717) is 10.8 Å². The van der Waals surface area contributed by atoms with Gasteiger partial charge in [0.1, 0.15) is 0 Å². The molecular formula is C15H22N4S. The van der Waals surface area contributed by atoms with E-state index in [9.17, 15) is 0 Å². The van der Waals surface area contributed by atoms with Crippen LogP contribution in [0.5, 0.6) is 0 Å². The fourth-order valence-electron chi connectivity index (χ4n) is 2.22. The molecule has 0 aliphatic heterocycles. The minimum absolute atomic E-state index is 0.357. The Morgan fingerprint density at radius 1 is 1.30 bits per heavy atom. The fourth-order valence-corrected chi connectivity index (χ4v) is 2.44. The van der Waals surface area contributed by atoms with Crippen LogP contribution in [0.2, 0.25) is 0 Å². The predicted molar refractivity (Wildman–Crippen MR) is 85.5 cm³/mol. The quantitative estimate of drug-likeness (QED) is 0.823. The average Bonchev–Trinajstić information content (AvgIpc) is 2.79. The van der Waals surface area contributed by atoms with Gasteiger partial charge >= 0.3 is 0 Å². The molecule has 1 heterocycles. The first-order valence-electron chi connectivity index (χ1n) is 7.09. The highest BCUT2D eigenvalue weighted by atomic mass is 32.1. The molecule has 2 aromatic rings. The third-order valence-electron chi connectivity index (χ3n) is 3.26. The van der Waals surface area contributed by atoms with Crippen molar-refractivity contribution in [2.24, 2.45) is 0 Å². The maximum absolute atomic E-state index is 5.33. The number of aromatic nitrogens is 3. The fraction of sp³-hybridized carbons (Fsp3) is 0.467. The lowest BCUT2D eigenvalue weighted by molar-refractivity contribution is 0.603. The van der Waals surface area contributed by atoms with Crippen molar-refractivity contribution in [3.05, 3.63) is 40.7 Å². The van der Waals surface area contributed by atoms with Gasteiger partial charge in [0.2, 0.25) is 5.95 Å². The highest BCUT2D eigenvalue weighted by molar-refractivity contribution is 7.71. The lowest BCUT2D eigenvalue weighted by atomic mass is 10.2. The Morgan fingerprint density at radius 2 is 2.00 bits per heavy atom. The van der Waals surface area contributed by atoms with Crippen LogP contribution < -0.4 is 4.90 Å². The molecule has 5 heteroatoms. The van der Waals surface area contributed by atoms with E-state index in [1.807, 2.05) is 6.07 Å². The topological polar surface area (TPSA) is 36.9 Å². The van der Waals surface area contributed by atoms with Gasteiger partial charge in [0, 0.05) is 19.1 Å². The molecule has 0 amide bonds. The van der Waals surface area contributed by atoms with Crippen LogP contribution in [-0.2, 0) is 13.1 Å². The van der Waals surface area contributed by atoms with Crippen molar-refractivity contribution in [3.63, 3.8) is 0 Å². The van der Waals surface area contributed by atoms with E-state index < -0.39 is 0 Å². The molecule has 108 valence electrons. The van der Waals surface area contributed by atoms with Crippen molar-refractivity contribution in [3.8, 4) is 0 Å². The SMILES string of the molecule is CCCn1c(N(Cc2ccccc2)C(C)C)n[nH]c1=S. The third kappa shape index (κ3) is 3.28. The molecule has 1 N–H and O–H groups in total. The largest absolute Gasteiger partial charge is 0.334 e. The van der Waals surface area contributed by atoms with E-state index in [-0.39, 0.29) is 0 Å². The van der Waals surface area contributed by atoms with Gasteiger partial charge in [0.05, 0.1) is 0 Å². The van der Waals surface area contributed by atoms with Crippen LogP contribution in [0, 0.1) is 4.77 Å². The summed E-state index contributed by atoms with van der Waals surface area (Å²) in [6.07, 6.45) is 1.04. The minimum atomic E-state index is 0.357. The third-order valence-corrected chi connectivity index (χ3v) is 3.57. The van der Waals surface area contributed by atoms with Gasteiger partial charge in [-0.15, -0.1) is 5.10 Å². The van der Waals surface area contributed by atoms with Crippen molar-refractivity contribution in [2.45, 2.75) is 46.3 Å². The zero-order valence-electron chi connectivity index (χ0n) is 12.3. The Morgan fingerprint density at radius 3 is 2.60 bits per heavy atom. The lowest BCUT2D eigenvalue weighted by Gasteiger charge is -2.28. The summed E-state index contributed by atoms with van der Waals surface area (Å²) in [5, 5.41) is 7.34. The smallest absolute Gasteiger partial charge is 0.226 e. The number of hydrogen-bond donors (Lipinski definition) is 1. The zero-order chi connectivity index (χ0) is 14.5. The molecule has 0 bridgehead atoms. The van der Waals surface area contributed by atoms with Gasteiger partial charge in [-0.3, -0.25) is 4.57 Å². The maximum atomic E-state index is 5.33. The summed E-state index contributed by atoms with van der Waals surface area (Å²) in [4.78, 5) is 2.28. The highest BCUT2D eigenvalue weighted by Crippen LogP contribution is 2.18. The van der Waals surface area contributed by atoms with Crippen LogP contribution in [0.25, 0.3) is 0 Å². The van der Waals surface area contributed by atoms with Crippen molar-refractivity contribution < 1.29 is 0 Å². The Hall–Kier alpha value is -1.62. The number of hydrogen-bond acceptors (Lipinski definition) is 3. The Labute approximate surface area is 125 Å². The summed E-state index contributed by atoms with van der Waals surface area (Å²) in [5.74, 6) is 0.927. The molecule has 0 atom stereocenters. The van der Waals surface area contributed by atoms with Gasteiger partial charge in [-0.2, -0.15) is 0 Å². The molecule has 0 saturated carbocycles. The highest BCUT2D eigenvalue weighted by Gasteiger charge is 2.17. The Bertz CT molecular complexity index is 585. The zero-order valence-corrected chi connectivity index (χ0v) is 13.2. The van der Waals surface area contributed by atoms with Crippen LogP contribution in [0.4, 0.5) is 5.95 Å². The maximum Gasteiger partial charge on any atom is 0.226 e. The number of nitrogens with one attached hydrogen (secondary N) is 1. The second-order valence-corrected chi connectivity index (χ2v) is 5.57. The molecule has 2 rings (SSSR count). The molecule has 0 aliphatic carbocycles. The predicted octanol–water partition coefficient (Wildman–Crippen LogP) is 3.77. The van der Waals surface area contributed by atoms with Crippen LogP contribution in [0.15, 0.2) is 30.3 Å². The standard InChI is InChI=1S/C15H22N4S/c1-4-10-18-14(16-17-15(18)20)19(12(2)3)11-13-8-6-5-7-9-13/h5-9,12H,4,10-11H2,1-3H3,(H,17,20). The Balaban J connectivity index is 2.32. The summed E-state index contributed by atoms with van der Waals surface area (Å²) < 4.78 is 2.78. The number of rotatable bonds is 6. The van der Waals surface area contributed by atoms with Crippen molar-refractivity contribution in [1.82, 2.24) is 14.8 Å². The number of aromatic amines is 1.